The molecule has 0 aliphatic carbocycles. The highest BCUT2D eigenvalue weighted by Crippen LogP contribution is 2.32. The Bertz CT molecular complexity index is 381. The molecule has 1 fully saturated rings. The monoisotopic (exact) mass is 222 g/mol. The normalized spacial score (nSPS) is 18.6. The zero-order valence-corrected chi connectivity index (χ0v) is 10.4. The number of likely N-dealkylation sites (tertiary alicyclic amines) is 1. The topological polar surface area (TPSA) is 27.1 Å². The molecule has 1 saturated heterocycles. The molecule has 0 radical (unpaired) electrons. The molecule has 0 spiro atoms. The van der Waals surface area contributed by atoms with Gasteiger partial charge in [-0.15, -0.1) is 11.3 Å². The zero-order valence-electron chi connectivity index (χ0n) is 9.63. The Morgan fingerprint density at radius 1 is 1.47 bits per heavy atom. The lowest BCUT2D eigenvalue weighted by molar-refractivity contribution is 0.362. The van der Waals surface area contributed by atoms with E-state index in [0.29, 0.717) is 6.04 Å². The van der Waals surface area contributed by atoms with Crippen LogP contribution in [0.5, 0.6) is 0 Å². The molecule has 3 heteroatoms. The second kappa shape index (κ2) is 3.97. The van der Waals surface area contributed by atoms with Gasteiger partial charge in [-0.3, -0.25) is 5.41 Å². The van der Waals surface area contributed by atoms with Gasteiger partial charge in [-0.05, 0) is 38.8 Å². The summed E-state index contributed by atoms with van der Waals surface area (Å²) in [4.78, 5) is 5.01. The van der Waals surface area contributed by atoms with Crippen LogP contribution < -0.4 is 0 Å². The van der Waals surface area contributed by atoms with Crippen molar-refractivity contribution in [3.63, 3.8) is 0 Å². The maximum atomic E-state index is 7.89. The minimum absolute atomic E-state index is 0.380. The summed E-state index contributed by atoms with van der Waals surface area (Å²) in [6.45, 7) is 7.61. The summed E-state index contributed by atoms with van der Waals surface area (Å²) in [7, 11) is 0. The maximum absolute atomic E-state index is 7.89. The second-order valence-electron chi connectivity index (χ2n) is 4.29. The van der Waals surface area contributed by atoms with Gasteiger partial charge in [-0.1, -0.05) is 0 Å². The van der Waals surface area contributed by atoms with Crippen molar-refractivity contribution in [2.24, 2.45) is 0 Å². The van der Waals surface area contributed by atoms with E-state index < -0.39 is 0 Å². The van der Waals surface area contributed by atoms with Crippen LogP contribution in [0.25, 0.3) is 0 Å². The SMILES string of the molecule is Cc1cc(C(C)N2CCCC2=N)c(C)s1. The number of nitrogens with zero attached hydrogens (tertiary/aromatic N) is 1. The molecule has 1 unspecified atom stereocenters. The third-order valence-corrected chi connectivity index (χ3v) is 4.14. The fraction of sp³-hybridized carbons (Fsp3) is 0.583. The van der Waals surface area contributed by atoms with Gasteiger partial charge < -0.3 is 4.90 Å². The molecule has 0 amide bonds. The van der Waals surface area contributed by atoms with E-state index in [2.05, 4.69) is 31.7 Å². The summed E-state index contributed by atoms with van der Waals surface area (Å²) < 4.78 is 0. The Morgan fingerprint density at radius 2 is 2.20 bits per heavy atom. The van der Waals surface area contributed by atoms with Gasteiger partial charge in [-0.2, -0.15) is 0 Å². The highest BCUT2D eigenvalue weighted by molar-refractivity contribution is 7.12. The number of amidine groups is 1. The van der Waals surface area contributed by atoms with E-state index in [9.17, 15) is 0 Å². The Balaban J connectivity index is 2.23. The van der Waals surface area contributed by atoms with E-state index in [1.54, 1.807) is 0 Å². The molecule has 1 aliphatic rings. The average Bonchev–Trinajstić information content (AvgIpc) is 2.71. The average molecular weight is 222 g/mol. The summed E-state index contributed by atoms with van der Waals surface area (Å²) >= 11 is 1.86. The van der Waals surface area contributed by atoms with Crippen LogP contribution in [0.4, 0.5) is 0 Å². The molecule has 0 aromatic carbocycles. The van der Waals surface area contributed by atoms with Gasteiger partial charge in [0.25, 0.3) is 0 Å². The third-order valence-electron chi connectivity index (χ3n) is 3.16. The smallest absolute Gasteiger partial charge is 0.0963 e. The molecule has 2 rings (SSSR count). The third kappa shape index (κ3) is 1.93. The molecule has 82 valence electrons. The Morgan fingerprint density at radius 3 is 2.67 bits per heavy atom. The van der Waals surface area contributed by atoms with Gasteiger partial charge in [-0.25, -0.2) is 0 Å². The largest absolute Gasteiger partial charge is 0.354 e. The number of nitrogens with one attached hydrogen (secondary N) is 1. The van der Waals surface area contributed by atoms with Crippen LogP contribution in [0, 0.1) is 19.3 Å². The molecule has 15 heavy (non-hydrogen) atoms. The van der Waals surface area contributed by atoms with Gasteiger partial charge in [0.15, 0.2) is 0 Å². The summed E-state index contributed by atoms with van der Waals surface area (Å²) in [6, 6.07) is 2.65. The van der Waals surface area contributed by atoms with Crippen molar-refractivity contribution in [1.82, 2.24) is 4.90 Å². The lowest BCUT2D eigenvalue weighted by Gasteiger charge is -2.26. The fourth-order valence-electron chi connectivity index (χ4n) is 2.36. The zero-order chi connectivity index (χ0) is 11.0. The van der Waals surface area contributed by atoms with Crippen LogP contribution in [-0.2, 0) is 0 Å². The van der Waals surface area contributed by atoms with Crippen molar-refractivity contribution in [2.75, 3.05) is 6.54 Å². The molecule has 0 saturated carbocycles. The summed E-state index contributed by atoms with van der Waals surface area (Å²) in [5.41, 5.74) is 1.41. The lowest BCUT2D eigenvalue weighted by Crippen LogP contribution is -2.27. The Kier molecular flexibility index (Phi) is 2.83. The fourth-order valence-corrected chi connectivity index (χ4v) is 3.37. The summed E-state index contributed by atoms with van der Waals surface area (Å²) in [5.74, 6) is 0.811. The maximum Gasteiger partial charge on any atom is 0.0963 e. The number of aryl methyl sites for hydroxylation is 2. The van der Waals surface area contributed by atoms with Crippen molar-refractivity contribution >= 4 is 17.2 Å². The first-order valence-electron chi connectivity index (χ1n) is 5.50. The number of hydrogen-bond donors (Lipinski definition) is 1. The van der Waals surface area contributed by atoms with Crippen LogP contribution in [0.3, 0.4) is 0 Å². The van der Waals surface area contributed by atoms with E-state index in [0.717, 1.165) is 25.2 Å². The molecule has 1 aromatic rings. The minimum Gasteiger partial charge on any atom is -0.354 e. The Hall–Kier alpha value is -0.830. The van der Waals surface area contributed by atoms with Gasteiger partial charge in [0.2, 0.25) is 0 Å². The molecule has 2 heterocycles. The first-order chi connectivity index (χ1) is 7.09. The molecule has 1 aliphatic heterocycles. The summed E-state index contributed by atoms with van der Waals surface area (Å²) in [6.07, 6.45) is 2.10. The molecule has 2 nitrogen and oxygen atoms in total. The number of thiophene rings is 1. The first-order valence-corrected chi connectivity index (χ1v) is 6.32. The molecule has 0 bridgehead atoms. The summed E-state index contributed by atoms with van der Waals surface area (Å²) in [5, 5.41) is 7.89. The first kappa shape index (κ1) is 10.7. The van der Waals surface area contributed by atoms with Crippen molar-refractivity contribution < 1.29 is 0 Å². The lowest BCUT2D eigenvalue weighted by atomic mass is 10.1. The second-order valence-corrected chi connectivity index (χ2v) is 5.75. The molecular formula is C12H18N2S. The van der Waals surface area contributed by atoms with E-state index in [4.69, 9.17) is 5.41 Å². The van der Waals surface area contributed by atoms with Gasteiger partial charge >= 0.3 is 0 Å². The molecular weight excluding hydrogens is 204 g/mol. The van der Waals surface area contributed by atoms with Crippen LogP contribution in [0.15, 0.2) is 6.07 Å². The van der Waals surface area contributed by atoms with E-state index in [1.807, 2.05) is 11.3 Å². The van der Waals surface area contributed by atoms with E-state index in [1.165, 1.54) is 15.3 Å². The van der Waals surface area contributed by atoms with Crippen molar-refractivity contribution in [3.05, 3.63) is 21.4 Å². The van der Waals surface area contributed by atoms with Crippen molar-refractivity contribution in [2.45, 2.75) is 39.7 Å². The van der Waals surface area contributed by atoms with E-state index in [-0.39, 0.29) is 0 Å². The number of hydrogen-bond acceptors (Lipinski definition) is 2. The van der Waals surface area contributed by atoms with Gasteiger partial charge in [0.1, 0.15) is 0 Å². The van der Waals surface area contributed by atoms with Crippen LogP contribution in [0.2, 0.25) is 0 Å². The predicted molar refractivity (Wildman–Crippen MR) is 65.9 cm³/mol. The van der Waals surface area contributed by atoms with Crippen molar-refractivity contribution in [1.29, 1.82) is 5.41 Å². The Labute approximate surface area is 95.4 Å². The molecule has 1 aromatic heterocycles. The standard InChI is InChI=1S/C12H18N2S/c1-8-7-11(10(3)15-8)9(2)14-6-4-5-12(14)13/h7,9,13H,4-6H2,1-3H3. The highest BCUT2D eigenvalue weighted by Gasteiger charge is 2.24. The van der Waals surface area contributed by atoms with Gasteiger partial charge in [0, 0.05) is 22.7 Å². The molecule has 1 N–H and O–H groups in total. The van der Waals surface area contributed by atoms with Crippen molar-refractivity contribution in [3.8, 4) is 0 Å². The minimum atomic E-state index is 0.380. The van der Waals surface area contributed by atoms with Crippen LogP contribution >= 0.6 is 11.3 Å². The van der Waals surface area contributed by atoms with E-state index >= 15 is 0 Å². The van der Waals surface area contributed by atoms with Crippen LogP contribution in [0.1, 0.15) is 41.1 Å². The predicted octanol–water partition coefficient (Wildman–Crippen LogP) is 3.50. The number of rotatable bonds is 2. The molecule has 1 atom stereocenters. The van der Waals surface area contributed by atoms with Crippen LogP contribution in [-0.4, -0.2) is 17.3 Å². The van der Waals surface area contributed by atoms with Gasteiger partial charge in [0.05, 0.1) is 11.9 Å². The quantitative estimate of drug-likeness (QED) is 0.814. The highest BCUT2D eigenvalue weighted by atomic mass is 32.1.